The molecule has 0 spiro atoms. The molecule has 2 fully saturated rings. The highest BCUT2D eigenvalue weighted by Gasteiger charge is 2.38. The van der Waals surface area contributed by atoms with Crippen molar-refractivity contribution in [2.24, 2.45) is 5.92 Å². The van der Waals surface area contributed by atoms with Gasteiger partial charge in [-0.15, -0.1) is 0 Å². The van der Waals surface area contributed by atoms with Gasteiger partial charge in [-0.3, -0.25) is 0 Å². The van der Waals surface area contributed by atoms with Gasteiger partial charge in [0.05, 0.1) is 19.8 Å². The van der Waals surface area contributed by atoms with Crippen LogP contribution in [0.15, 0.2) is 23.1 Å². The van der Waals surface area contributed by atoms with Crippen LogP contribution in [0.2, 0.25) is 0 Å². The lowest BCUT2D eigenvalue weighted by molar-refractivity contribution is 0.0730. The molecule has 3 heterocycles. The molecule has 0 bridgehead atoms. The van der Waals surface area contributed by atoms with Gasteiger partial charge in [0, 0.05) is 47.6 Å². The second-order valence-corrected chi connectivity index (χ2v) is 14.8. The number of rotatable bonds is 5. The fourth-order valence-electron chi connectivity index (χ4n) is 6.23. The molecule has 204 valence electrons. The predicted molar refractivity (Wildman–Crippen MR) is 148 cm³/mol. The number of nitrogens with zero attached hydrogens (tertiary/aromatic N) is 2. The summed E-state index contributed by atoms with van der Waals surface area (Å²) in [6.07, 6.45) is 6.25. The van der Waals surface area contributed by atoms with Crippen molar-refractivity contribution >= 4 is 10.0 Å². The van der Waals surface area contributed by atoms with E-state index in [2.05, 4.69) is 51.3 Å². The highest BCUT2D eigenvalue weighted by atomic mass is 32.2. The lowest BCUT2D eigenvalue weighted by atomic mass is 9.79. The van der Waals surface area contributed by atoms with Crippen LogP contribution in [0.1, 0.15) is 83.5 Å². The van der Waals surface area contributed by atoms with Gasteiger partial charge in [0.1, 0.15) is 10.6 Å². The molecule has 7 heteroatoms. The van der Waals surface area contributed by atoms with Crippen LogP contribution in [0.5, 0.6) is 5.75 Å². The van der Waals surface area contributed by atoms with Gasteiger partial charge >= 0.3 is 0 Å². The highest BCUT2D eigenvalue weighted by molar-refractivity contribution is 7.89. The van der Waals surface area contributed by atoms with Gasteiger partial charge in [-0.25, -0.2) is 8.42 Å². The van der Waals surface area contributed by atoms with Crippen LogP contribution in [0, 0.1) is 12.8 Å². The van der Waals surface area contributed by atoms with Crippen molar-refractivity contribution in [2.45, 2.75) is 95.9 Å². The maximum Gasteiger partial charge on any atom is 0.245 e. The van der Waals surface area contributed by atoms with Crippen molar-refractivity contribution in [1.82, 2.24) is 8.87 Å². The molecule has 1 aromatic carbocycles. The zero-order valence-corrected chi connectivity index (χ0v) is 24.3. The van der Waals surface area contributed by atoms with Crippen LogP contribution in [0.4, 0.5) is 0 Å². The van der Waals surface area contributed by atoms with Crippen molar-refractivity contribution in [3.63, 3.8) is 0 Å². The third kappa shape index (κ3) is 4.99. The van der Waals surface area contributed by atoms with E-state index in [0.29, 0.717) is 43.7 Å². The predicted octanol–water partition coefficient (Wildman–Crippen LogP) is 6.03. The largest absolute Gasteiger partial charge is 0.492 e. The van der Waals surface area contributed by atoms with E-state index in [9.17, 15) is 8.42 Å². The van der Waals surface area contributed by atoms with Crippen molar-refractivity contribution in [2.75, 3.05) is 32.9 Å². The first-order valence-corrected chi connectivity index (χ1v) is 15.4. The standard InChI is InChI=1S/C30H44N2O4S/c1-21-27(37(33,34)31-12-14-35-15-13-31)18-26(32(21)19-22-10-8-7-9-11-22)23-16-24(29(2,3)4)28-25(17-23)30(5,6)20-36-28/h16-18,22H,7-15,19-20H2,1-6H3. The topological polar surface area (TPSA) is 60.8 Å². The van der Waals surface area contributed by atoms with Gasteiger partial charge in [-0.2, -0.15) is 4.31 Å². The van der Waals surface area contributed by atoms with Crippen LogP contribution in [-0.2, 0) is 32.1 Å². The molecule has 5 rings (SSSR count). The van der Waals surface area contributed by atoms with Gasteiger partial charge in [0.25, 0.3) is 0 Å². The summed E-state index contributed by atoms with van der Waals surface area (Å²) in [6.45, 7) is 16.4. The molecular weight excluding hydrogens is 484 g/mol. The molecule has 2 aromatic rings. The number of hydrogen-bond acceptors (Lipinski definition) is 4. The molecule has 0 unspecified atom stereocenters. The summed E-state index contributed by atoms with van der Waals surface area (Å²) < 4.78 is 43.3. The summed E-state index contributed by atoms with van der Waals surface area (Å²) in [6, 6.07) is 6.45. The zero-order valence-electron chi connectivity index (χ0n) is 23.5. The third-order valence-corrected chi connectivity index (χ3v) is 10.6. The molecule has 3 aliphatic rings. The minimum atomic E-state index is -3.61. The van der Waals surface area contributed by atoms with Crippen molar-refractivity contribution in [1.29, 1.82) is 0 Å². The normalized spacial score (nSPS) is 21.1. The molecule has 2 aliphatic heterocycles. The van der Waals surface area contributed by atoms with Crippen LogP contribution in [-0.4, -0.2) is 50.2 Å². The highest BCUT2D eigenvalue weighted by Crippen LogP contribution is 2.47. The first-order valence-electron chi connectivity index (χ1n) is 14.0. The quantitative estimate of drug-likeness (QED) is 0.475. The minimum absolute atomic E-state index is 0.0934. The van der Waals surface area contributed by atoms with E-state index >= 15 is 0 Å². The zero-order chi connectivity index (χ0) is 26.6. The number of fused-ring (bicyclic) bond motifs is 1. The van der Waals surface area contributed by atoms with E-state index in [1.54, 1.807) is 4.31 Å². The fourth-order valence-corrected chi connectivity index (χ4v) is 7.88. The van der Waals surface area contributed by atoms with Crippen LogP contribution in [0.3, 0.4) is 0 Å². The summed E-state index contributed by atoms with van der Waals surface area (Å²) in [4.78, 5) is 0.438. The minimum Gasteiger partial charge on any atom is -0.492 e. The molecule has 1 aromatic heterocycles. The second kappa shape index (κ2) is 9.73. The Kier molecular flexibility index (Phi) is 7.04. The van der Waals surface area contributed by atoms with E-state index in [-0.39, 0.29) is 10.8 Å². The van der Waals surface area contributed by atoms with Crippen molar-refractivity contribution in [3.05, 3.63) is 35.0 Å². The van der Waals surface area contributed by atoms with E-state index in [1.165, 1.54) is 43.2 Å². The Hall–Kier alpha value is -1.83. The smallest absolute Gasteiger partial charge is 0.245 e. The Morgan fingerprint density at radius 2 is 1.70 bits per heavy atom. The van der Waals surface area contributed by atoms with Gasteiger partial charge < -0.3 is 14.0 Å². The summed E-state index contributed by atoms with van der Waals surface area (Å²) in [5, 5.41) is 0. The SMILES string of the molecule is Cc1c(S(=O)(=O)N2CCOCC2)cc(-c2cc(C(C)(C)C)c3c(c2)C(C)(C)CO3)n1CC1CCCCC1. The molecule has 1 saturated heterocycles. The van der Waals surface area contributed by atoms with Gasteiger partial charge in [-0.05, 0) is 54.9 Å². The Bertz CT molecular complexity index is 1260. The van der Waals surface area contributed by atoms with Crippen molar-refractivity contribution in [3.8, 4) is 17.0 Å². The van der Waals surface area contributed by atoms with Gasteiger partial charge in [0.15, 0.2) is 0 Å². The fraction of sp³-hybridized carbons (Fsp3) is 0.667. The molecule has 1 saturated carbocycles. The molecule has 1 aliphatic carbocycles. The number of benzene rings is 1. The van der Waals surface area contributed by atoms with Crippen LogP contribution >= 0.6 is 0 Å². The average Bonchev–Trinajstić information content (AvgIpc) is 3.35. The Morgan fingerprint density at radius 3 is 2.35 bits per heavy atom. The lowest BCUT2D eigenvalue weighted by Gasteiger charge is -2.27. The number of sulfonamides is 1. The molecular formula is C30H44N2O4S. The van der Waals surface area contributed by atoms with Crippen molar-refractivity contribution < 1.29 is 17.9 Å². The number of morpholine rings is 1. The Labute approximate surface area is 223 Å². The molecule has 6 nitrogen and oxygen atoms in total. The van der Waals surface area contributed by atoms with Gasteiger partial charge in [0.2, 0.25) is 10.0 Å². The van der Waals surface area contributed by atoms with Crippen LogP contribution < -0.4 is 4.74 Å². The third-order valence-electron chi connectivity index (χ3n) is 8.57. The Morgan fingerprint density at radius 1 is 1.03 bits per heavy atom. The molecule has 0 atom stereocenters. The number of hydrogen-bond donors (Lipinski definition) is 0. The maximum atomic E-state index is 13.9. The molecule has 37 heavy (non-hydrogen) atoms. The molecule has 0 amide bonds. The summed E-state index contributed by atoms with van der Waals surface area (Å²) in [5.41, 5.74) is 5.15. The number of aromatic nitrogens is 1. The van der Waals surface area contributed by atoms with Crippen LogP contribution in [0.25, 0.3) is 11.3 Å². The monoisotopic (exact) mass is 528 g/mol. The molecule has 0 radical (unpaired) electrons. The van der Waals surface area contributed by atoms with E-state index in [0.717, 1.165) is 29.2 Å². The van der Waals surface area contributed by atoms with Gasteiger partial charge in [-0.1, -0.05) is 53.9 Å². The maximum absolute atomic E-state index is 13.9. The summed E-state index contributed by atoms with van der Waals surface area (Å²) in [7, 11) is -3.61. The summed E-state index contributed by atoms with van der Waals surface area (Å²) in [5.74, 6) is 1.58. The van der Waals surface area contributed by atoms with E-state index in [1.807, 2.05) is 13.0 Å². The first-order chi connectivity index (χ1) is 17.4. The van der Waals surface area contributed by atoms with E-state index < -0.39 is 10.0 Å². The molecule has 0 N–H and O–H groups in total. The first kappa shape index (κ1) is 26.8. The summed E-state index contributed by atoms with van der Waals surface area (Å²) >= 11 is 0. The second-order valence-electron chi connectivity index (χ2n) is 12.9. The number of ether oxygens (including phenoxy) is 2. The van der Waals surface area contributed by atoms with E-state index in [4.69, 9.17) is 9.47 Å². The average molecular weight is 529 g/mol. The Balaban J connectivity index is 1.68. The lowest BCUT2D eigenvalue weighted by Crippen LogP contribution is -2.40.